The molecule has 0 fully saturated rings. The van der Waals surface area contributed by atoms with Crippen LogP contribution in [0, 0.1) is 0 Å². The Balaban J connectivity index is 1.95. The van der Waals surface area contributed by atoms with E-state index >= 15 is 0 Å². The van der Waals surface area contributed by atoms with Gasteiger partial charge in [-0.15, -0.1) is 5.10 Å². The molecule has 1 aromatic rings. The maximum atomic E-state index is 3.93. The molecule has 1 unspecified atom stereocenters. The van der Waals surface area contributed by atoms with E-state index in [9.17, 15) is 0 Å². The zero-order chi connectivity index (χ0) is 11.6. The number of nitrogens with zero attached hydrogens (tertiary/aromatic N) is 3. The van der Waals surface area contributed by atoms with Gasteiger partial charge in [0.2, 0.25) is 0 Å². The third kappa shape index (κ3) is 5.85. The summed E-state index contributed by atoms with van der Waals surface area (Å²) in [5.41, 5.74) is 0. The highest BCUT2D eigenvalue weighted by Gasteiger charge is 2.00. The van der Waals surface area contributed by atoms with Gasteiger partial charge in [0.1, 0.15) is 0 Å². The van der Waals surface area contributed by atoms with Gasteiger partial charge in [-0.05, 0) is 13.3 Å². The molecule has 0 aliphatic heterocycles. The summed E-state index contributed by atoms with van der Waals surface area (Å²) in [6.07, 6.45) is 10.3. The standard InChI is InChI=1S/C12H24N4/c1-3-4-5-6-7-12(2)13-8-10-16-11-9-14-15-16/h9,11-13H,3-8,10H2,1-2H3. The molecule has 4 nitrogen and oxygen atoms in total. The van der Waals surface area contributed by atoms with E-state index in [1.54, 1.807) is 6.20 Å². The van der Waals surface area contributed by atoms with E-state index in [-0.39, 0.29) is 0 Å². The highest BCUT2D eigenvalue weighted by atomic mass is 15.4. The predicted octanol–water partition coefficient (Wildman–Crippen LogP) is 2.23. The van der Waals surface area contributed by atoms with Crippen LogP contribution in [-0.4, -0.2) is 27.6 Å². The number of hydrogen-bond donors (Lipinski definition) is 1. The minimum atomic E-state index is 0.611. The number of nitrogens with one attached hydrogen (secondary N) is 1. The first kappa shape index (κ1) is 13.2. The molecule has 0 aliphatic rings. The fourth-order valence-corrected chi connectivity index (χ4v) is 1.76. The lowest BCUT2D eigenvalue weighted by atomic mass is 10.1. The van der Waals surface area contributed by atoms with Crippen LogP contribution in [0.4, 0.5) is 0 Å². The molecule has 0 spiro atoms. The summed E-state index contributed by atoms with van der Waals surface area (Å²) in [6, 6.07) is 0.611. The van der Waals surface area contributed by atoms with Crippen molar-refractivity contribution in [3.63, 3.8) is 0 Å². The lowest BCUT2D eigenvalue weighted by Crippen LogP contribution is -2.29. The second-order valence-electron chi connectivity index (χ2n) is 4.37. The number of aromatic nitrogens is 3. The number of unbranched alkanes of at least 4 members (excludes halogenated alkanes) is 3. The van der Waals surface area contributed by atoms with Crippen molar-refractivity contribution in [3.8, 4) is 0 Å². The van der Waals surface area contributed by atoms with Gasteiger partial charge in [0.05, 0.1) is 12.7 Å². The summed E-state index contributed by atoms with van der Waals surface area (Å²) in [5, 5.41) is 11.2. The minimum Gasteiger partial charge on any atom is -0.312 e. The van der Waals surface area contributed by atoms with Crippen LogP contribution >= 0.6 is 0 Å². The molecule has 1 aromatic heterocycles. The normalized spacial score (nSPS) is 12.9. The van der Waals surface area contributed by atoms with Crippen molar-refractivity contribution in [1.29, 1.82) is 0 Å². The zero-order valence-corrected chi connectivity index (χ0v) is 10.5. The summed E-state index contributed by atoms with van der Waals surface area (Å²) >= 11 is 0. The van der Waals surface area contributed by atoms with Gasteiger partial charge in [0, 0.05) is 18.8 Å². The van der Waals surface area contributed by atoms with Gasteiger partial charge >= 0.3 is 0 Å². The third-order valence-corrected chi connectivity index (χ3v) is 2.80. The van der Waals surface area contributed by atoms with Crippen LogP contribution in [-0.2, 0) is 6.54 Å². The Bertz CT molecular complexity index is 246. The maximum absolute atomic E-state index is 3.93. The van der Waals surface area contributed by atoms with E-state index in [0.29, 0.717) is 6.04 Å². The molecule has 1 atom stereocenters. The second-order valence-corrected chi connectivity index (χ2v) is 4.37. The molecule has 0 amide bonds. The molecule has 1 rings (SSSR count). The first-order chi connectivity index (χ1) is 7.83. The van der Waals surface area contributed by atoms with Gasteiger partial charge in [0.15, 0.2) is 0 Å². The highest BCUT2D eigenvalue weighted by Crippen LogP contribution is 2.04. The van der Waals surface area contributed by atoms with Gasteiger partial charge in [-0.1, -0.05) is 37.8 Å². The van der Waals surface area contributed by atoms with E-state index in [1.165, 1.54) is 32.1 Å². The molecular formula is C12H24N4. The molecule has 0 aromatic carbocycles. The Labute approximate surface area is 98.4 Å². The summed E-state index contributed by atoms with van der Waals surface area (Å²) < 4.78 is 1.86. The van der Waals surface area contributed by atoms with Crippen molar-refractivity contribution < 1.29 is 0 Å². The molecule has 1 heterocycles. The zero-order valence-electron chi connectivity index (χ0n) is 10.5. The van der Waals surface area contributed by atoms with Crippen molar-refractivity contribution in [1.82, 2.24) is 20.3 Å². The van der Waals surface area contributed by atoms with Crippen molar-refractivity contribution in [2.45, 2.75) is 58.5 Å². The molecule has 92 valence electrons. The topological polar surface area (TPSA) is 42.7 Å². The second kappa shape index (κ2) is 8.28. The average Bonchev–Trinajstić information content (AvgIpc) is 2.77. The van der Waals surface area contributed by atoms with Gasteiger partial charge in [0.25, 0.3) is 0 Å². The summed E-state index contributed by atoms with van der Waals surface area (Å²) in [4.78, 5) is 0. The fraction of sp³-hybridized carbons (Fsp3) is 0.833. The first-order valence-electron chi connectivity index (χ1n) is 6.40. The fourth-order valence-electron chi connectivity index (χ4n) is 1.76. The largest absolute Gasteiger partial charge is 0.312 e. The Morgan fingerprint density at radius 2 is 2.19 bits per heavy atom. The Kier molecular flexibility index (Phi) is 6.81. The van der Waals surface area contributed by atoms with Crippen LogP contribution < -0.4 is 5.32 Å². The summed E-state index contributed by atoms with van der Waals surface area (Å²) in [5.74, 6) is 0. The summed E-state index contributed by atoms with van der Waals surface area (Å²) in [6.45, 7) is 6.38. The molecule has 0 saturated carbocycles. The molecule has 4 heteroatoms. The number of hydrogen-bond acceptors (Lipinski definition) is 3. The van der Waals surface area contributed by atoms with Crippen LogP contribution in [0.25, 0.3) is 0 Å². The lowest BCUT2D eigenvalue weighted by molar-refractivity contribution is 0.453. The smallest absolute Gasteiger partial charge is 0.0692 e. The van der Waals surface area contributed by atoms with Crippen LogP contribution in [0.2, 0.25) is 0 Å². The Morgan fingerprint density at radius 3 is 2.88 bits per heavy atom. The van der Waals surface area contributed by atoms with E-state index in [4.69, 9.17) is 0 Å². The monoisotopic (exact) mass is 224 g/mol. The molecular weight excluding hydrogens is 200 g/mol. The molecule has 0 aliphatic carbocycles. The van der Waals surface area contributed by atoms with Crippen LogP contribution in [0.15, 0.2) is 12.4 Å². The van der Waals surface area contributed by atoms with Crippen molar-refractivity contribution >= 4 is 0 Å². The Morgan fingerprint density at radius 1 is 1.31 bits per heavy atom. The molecule has 16 heavy (non-hydrogen) atoms. The van der Waals surface area contributed by atoms with Crippen molar-refractivity contribution in [2.24, 2.45) is 0 Å². The quantitative estimate of drug-likeness (QED) is 0.654. The van der Waals surface area contributed by atoms with E-state index in [0.717, 1.165) is 13.1 Å². The molecule has 0 bridgehead atoms. The van der Waals surface area contributed by atoms with Gasteiger partial charge in [-0.25, -0.2) is 0 Å². The number of rotatable bonds is 9. The molecule has 1 N–H and O–H groups in total. The van der Waals surface area contributed by atoms with Gasteiger partial charge in [-0.3, -0.25) is 4.68 Å². The minimum absolute atomic E-state index is 0.611. The SMILES string of the molecule is CCCCCCC(C)NCCn1ccnn1. The summed E-state index contributed by atoms with van der Waals surface area (Å²) in [7, 11) is 0. The first-order valence-corrected chi connectivity index (χ1v) is 6.40. The lowest BCUT2D eigenvalue weighted by Gasteiger charge is -2.13. The maximum Gasteiger partial charge on any atom is 0.0692 e. The van der Waals surface area contributed by atoms with Crippen LogP contribution in [0.5, 0.6) is 0 Å². The highest BCUT2D eigenvalue weighted by molar-refractivity contribution is 4.66. The molecule has 0 radical (unpaired) electrons. The van der Waals surface area contributed by atoms with Gasteiger partial charge < -0.3 is 5.32 Å². The average molecular weight is 224 g/mol. The van der Waals surface area contributed by atoms with E-state index < -0.39 is 0 Å². The van der Waals surface area contributed by atoms with Crippen molar-refractivity contribution in [3.05, 3.63) is 12.4 Å². The van der Waals surface area contributed by atoms with E-state index in [2.05, 4.69) is 29.5 Å². The predicted molar refractivity (Wildman–Crippen MR) is 66.2 cm³/mol. The van der Waals surface area contributed by atoms with Crippen LogP contribution in [0.1, 0.15) is 46.0 Å². The molecule has 0 saturated heterocycles. The third-order valence-electron chi connectivity index (χ3n) is 2.80. The van der Waals surface area contributed by atoms with Crippen molar-refractivity contribution in [2.75, 3.05) is 6.54 Å². The van der Waals surface area contributed by atoms with Gasteiger partial charge in [-0.2, -0.15) is 0 Å². The van der Waals surface area contributed by atoms with Crippen LogP contribution in [0.3, 0.4) is 0 Å². The van der Waals surface area contributed by atoms with E-state index in [1.807, 2.05) is 10.9 Å². The Hall–Kier alpha value is -0.900.